The number of carbonyl (C=O) groups excluding carboxylic acids is 1. The van der Waals surface area contributed by atoms with Crippen LogP contribution in [0.4, 0.5) is 11.4 Å². The minimum atomic E-state index is -0.679. The molecule has 4 heteroatoms. The summed E-state index contributed by atoms with van der Waals surface area (Å²) in [6.07, 6.45) is 3.61. The van der Waals surface area contributed by atoms with Gasteiger partial charge in [-0.3, -0.25) is 4.79 Å². The van der Waals surface area contributed by atoms with E-state index in [0.717, 1.165) is 31.4 Å². The normalized spacial score (nSPS) is 18.3. The van der Waals surface area contributed by atoms with Crippen LogP contribution in [0.2, 0.25) is 0 Å². The highest BCUT2D eigenvalue weighted by atomic mass is 16.2. The lowest BCUT2D eigenvalue weighted by atomic mass is 9.98. The van der Waals surface area contributed by atoms with Gasteiger partial charge in [-0.15, -0.1) is 0 Å². The summed E-state index contributed by atoms with van der Waals surface area (Å²) >= 11 is 0. The molecular weight excluding hydrogens is 202 g/mol. The molecule has 0 radical (unpaired) electrons. The molecule has 0 unspecified atom stereocenters. The van der Waals surface area contributed by atoms with Gasteiger partial charge in [0.05, 0.1) is 5.54 Å². The lowest BCUT2D eigenvalue weighted by Crippen LogP contribution is -2.48. The van der Waals surface area contributed by atoms with Crippen molar-refractivity contribution in [2.24, 2.45) is 5.73 Å². The minimum Gasteiger partial charge on any atom is -0.399 e. The van der Waals surface area contributed by atoms with Crippen LogP contribution in [0.15, 0.2) is 24.3 Å². The van der Waals surface area contributed by atoms with Crippen LogP contribution in [-0.2, 0) is 4.79 Å². The van der Waals surface area contributed by atoms with E-state index in [9.17, 15) is 4.79 Å². The first kappa shape index (κ1) is 11.0. The maximum absolute atomic E-state index is 12.0. The number of carbonyl (C=O) groups is 1. The fourth-order valence-electron chi connectivity index (χ4n) is 2.05. The van der Waals surface area contributed by atoms with Gasteiger partial charge in [-0.25, -0.2) is 0 Å². The summed E-state index contributed by atoms with van der Waals surface area (Å²) in [5.41, 5.74) is 12.4. The molecule has 1 aromatic rings. The molecule has 4 nitrogen and oxygen atoms in total. The summed E-state index contributed by atoms with van der Waals surface area (Å²) in [6.45, 7) is 0. The maximum atomic E-state index is 12.0. The third-order valence-electron chi connectivity index (χ3n) is 3.12. The van der Waals surface area contributed by atoms with Gasteiger partial charge in [-0.1, -0.05) is 12.8 Å². The quantitative estimate of drug-likeness (QED) is 0.659. The van der Waals surface area contributed by atoms with Gasteiger partial charge < -0.3 is 16.8 Å². The highest BCUT2D eigenvalue weighted by molar-refractivity contribution is 5.98. The molecule has 0 atom stereocenters. The van der Waals surface area contributed by atoms with E-state index in [2.05, 4.69) is 5.32 Å². The second-order valence-electron chi connectivity index (χ2n) is 4.44. The van der Waals surface area contributed by atoms with E-state index in [1.165, 1.54) is 0 Å². The third kappa shape index (κ3) is 2.17. The average Bonchev–Trinajstić information content (AvgIpc) is 2.70. The molecule has 1 aliphatic carbocycles. The highest BCUT2D eigenvalue weighted by Crippen LogP contribution is 2.28. The molecule has 1 amide bonds. The van der Waals surface area contributed by atoms with Crippen molar-refractivity contribution in [1.82, 2.24) is 0 Å². The zero-order valence-corrected chi connectivity index (χ0v) is 9.20. The Labute approximate surface area is 95.0 Å². The smallest absolute Gasteiger partial charge is 0.244 e. The fraction of sp³-hybridized carbons (Fsp3) is 0.417. The number of anilines is 2. The van der Waals surface area contributed by atoms with Gasteiger partial charge in [0.1, 0.15) is 0 Å². The SMILES string of the molecule is Nc1ccc(NC(=O)C2(N)CCCC2)cc1. The van der Waals surface area contributed by atoms with Crippen LogP contribution >= 0.6 is 0 Å². The van der Waals surface area contributed by atoms with Crippen molar-refractivity contribution in [3.63, 3.8) is 0 Å². The van der Waals surface area contributed by atoms with Crippen LogP contribution < -0.4 is 16.8 Å². The Morgan fingerprint density at radius 3 is 2.31 bits per heavy atom. The number of nitrogens with two attached hydrogens (primary N) is 2. The number of benzene rings is 1. The molecule has 2 rings (SSSR count). The average molecular weight is 219 g/mol. The fourth-order valence-corrected chi connectivity index (χ4v) is 2.05. The third-order valence-corrected chi connectivity index (χ3v) is 3.12. The van der Waals surface area contributed by atoms with Crippen LogP contribution in [0.3, 0.4) is 0 Å². The van der Waals surface area contributed by atoms with Crippen LogP contribution in [0.25, 0.3) is 0 Å². The molecule has 16 heavy (non-hydrogen) atoms. The number of nitrogens with one attached hydrogen (secondary N) is 1. The highest BCUT2D eigenvalue weighted by Gasteiger charge is 2.36. The zero-order valence-electron chi connectivity index (χ0n) is 9.20. The van der Waals surface area contributed by atoms with Crippen LogP contribution in [0.1, 0.15) is 25.7 Å². The van der Waals surface area contributed by atoms with Gasteiger partial charge >= 0.3 is 0 Å². The molecule has 86 valence electrons. The number of amides is 1. The molecule has 0 saturated heterocycles. The molecule has 1 aromatic carbocycles. The predicted molar refractivity (Wildman–Crippen MR) is 64.9 cm³/mol. The number of rotatable bonds is 2. The summed E-state index contributed by atoms with van der Waals surface area (Å²) < 4.78 is 0. The van der Waals surface area contributed by atoms with E-state index in [0.29, 0.717) is 5.69 Å². The first-order valence-corrected chi connectivity index (χ1v) is 5.56. The minimum absolute atomic E-state index is 0.0882. The Hall–Kier alpha value is -1.55. The topological polar surface area (TPSA) is 81.1 Å². The molecule has 1 fully saturated rings. The van der Waals surface area contributed by atoms with Crippen molar-refractivity contribution < 1.29 is 4.79 Å². The summed E-state index contributed by atoms with van der Waals surface area (Å²) in [6, 6.07) is 7.08. The monoisotopic (exact) mass is 219 g/mol. The van der Waals surface area contributed by atoms with Crippen molar-refractivity contribution in [2.45, 2.75) is 31.2 Å². The first-order valence-electron chi connectivity index (χ1n) is 5.56. The summed E-state index contributed by atoms with van der Waals surface area (Å²) in [4.78, 5) is 12.0. The van der Waals surface area contributed by atoms with Gasteiger partial charge in [0.2, 0.25) is 5.91 Å². The molecule has 0 bridgehead atoms. The van der Waals surface area contributed by atoms with Gasteiger partial charge in [0.25, 0.3) is 0 Å². The largest absolute Gasteiger partial charge is 0.399 e. The molecule has 0 heterocycles. The number of hydrogen-bond acceptors (Lipinski definition) is 3. The lowest BCUT2D eigenvalue weighted by Gasteiger charge is -2.22. The predicted octanol–water partition coefficient (Wildman–Crippen LogP) is 1.48. The van der Waals surface area contributed by atoms with E-state index in [1.54, 1.807) is 24.3 Å². The molecule has 0 aliphatic heterocycles. The van der Waals surface area contributed by atoms with Crippen molar-refractivity contribution >= 4 is 17.3 Å². The summed E-state index contributed by atoms with van der Waals surface area (Å²) in [5, 5.41) is 2.83. The molecule has 5 N–H and O–H groups in total. The van der Waals surface area contributed by atoms with E-state index in [4.69, 9.17) is 11.5 Å². The maximum Gasteiger partial charge on any atom is 0.244 e. The van der Waals surface area contributed by atoms with Crippen molar-refractivity contribution in [1.29, 1.82) is 0 Å². The van der Waals surface area contributed by atoms with Crippen molar-refractivity contribution in [2.75, 3.05) is 11.1 Å². The summed E-state index contributed by atoms with van der Waals surface area (Å²) in [7, 11) is 0. The van der Waals surface area contributed by atoms with Gasteiger partial charge in [0, 0.05) is 11.4 Å². The Morgan fingerprint density at radius 1 is 1.19 bits per heavy atom. The van der Waals surface area contributed by atoms with Gasteiger partial charge in [-0.05, 0) is 37.1 Å². The molecule has 0 aromatic heterocycles. The van der Waals surface area contributed by atoms with E-state index in [-0.39, 0.29) is 5.91 Å². The van der Waals surface area contributed by atoms with Crippen LogP contribution in [0, 0.1) is 0 Å². The first-order chi connectivity index (χ1) is 7.60. The van der Waals surface area contributed by atoms with Gasteiger partial charge in [0.15, 0.2) is 0 Å². The van der Waals surface area contributed by atoms with E-state index >= 15 is 0 Å². The Bertz CT molecular complexity index is 380. The zero-order chi connectivity index (χ0) is 11.6. The Kier molecular flexibility index (Phi) is 2.83. The van der Waals surface area contributed by atoms with Crippen LogP contribution in [-0.4, -0.2) is 11.4 Å². The molecule has 1 saturated carbocycles. The van der Waals surface area contributed by atoms with E-state index in [1.807, 2.05) is 0 Å². The molecular formula is C12H17N3O. The standard InChI is InChI=1S/C12H17N3O/c13-9-3-5-10(6-4-9)15-11(16)12(14)7-1-2-8-12/h3-6H,1-2,7-8,13-14H2,(H,15,16). The number of hydrogen-bond donors (Lipinski definition) is 3. The Balaban J connectivity index is 2.04. The van der Waals surface area contributed by atoms with Crippen molar-refractivity contribution in [3.05, 3.63) is 24.3 Å². The second-order valence-corrected chi connectivity index (χ2v) is 4.44. The van der Waals surface area contributed by atoms with Gasteiger partial charge in [-0.2, -0.15) is 0 Å². The molecule has 0 spiro atoms. The number of nitrogen functional groups attached to an aromatic ring is 1. The lowest BCUT2D eigenvalue weighted by molar-refractivity contribution is -0.121. The second kappa shape index (κ2) is 4.14. The van der Waals surface area contributed by atoms with Crippen LogP contribution in [0.5, 0.6) is 0 Å². The summed E-state index contributed by atoms with van der Waals surface area (Å²) in [5.74, 6) is -0.0882. The van der Waals surface area contributed by atoms with Crippen molar-refractivity contribution in [3.8, 4) is 0 Å². The Morgan fingerprint density at radius 2 is 1.75 bits per heavy atom. The molecule has 1 aliphatic rings. The van der Waals surface area contributed by atoms with E-state index < -0.39 is 5.54 Å².